The van der Waals surface area contributed by atoms with Gasteiger partial charge in [0.1, 0.15) is 0 Å². The highest BCUT2D eigenvalue weighted by Crippen LogP contribution is 2.26. The van der Waals surface area contributed by atoms with Gasteiger partial charge in [-0.05, 0) is 36.6 Å². The smallest absolute Gasteiger partial charge is 0.0500 e. The standard InChI is InChI=1S/C15H16Cl2N2/c1-10-2-4-11(5-3-10)15(19-18)8-12-6-7-13(16)9-14(12)17/h2-7,9,15,19H,8,18H2,1H3. The van der Waals surface area contributed by atoms with E-state index in [1.807, 2.05) is 12.1 Å². The molecule has 1 unspecified atom stereocenters. The number of nitrogens with two attached hydrogens (primary N) is 1. The molecule has 0 aliphatic heterocycles. The average molecular weight is 295 g/mol. The lowest BCUT2D eigenvalue weighted by Crippen LogP contribution is -2.29. The van der Waals surface area contributed by atoms with E-state index in [9.17, 15) is 0 Å². The zero-order valence-electron chi connectivity index (χ0n) is 10.7. The third-order valence-corrected chi connectivity index (χ3v) is 3.71. The van der Waals surface area contributed by atoms with Crippen molar-refractivity contribution < 1.29 is 0 Å². The van der Waals surface area contributed by atoms with Crippen LogP contribution in [-0.4, -0.2) is 0 Å². The maximum Gasteiger partial charge on any atom is 0.0500 e. The Labute approximate surface area is 123 Å². The summed E-state index contributed by atoms with van der Waals surface area (Å²) in [5, 5.41) is 1.31. The highest BCUT2D eigenvalue weighted by molar-refractivity contribution is 6.35. The molecule has 0 aliphatic rings. The van der Waals surface area contributed by atoms with Crippen LogP contribution in [0.4, 0.5) is 0 Å². The molecule has 3 N–H and O–H groups in total. The van der Waals surface area contributed by atoms with E-state index in [2.05, 4.69) is 36.6 Å². The van der Waals surface area contributed by atoms with Gasteiger partial charge in [0.05, 0.1) is 6.04 Å². The van der Waals surface area contributed by atoms with E-state index in [0.29, 0.717) is 10.0 Å². The van der Waals surface area contributed by atoms with Gasteiger partial charge in [-0.25, -0.2) is 0 Å². The highest BCUT2D eigenvalue weighted by atomic mass is 35.5. The molecule has 2 nitrogen and oxygen atoms in total. The minimum absolute atomic E-state index is 0.0271. The van der Waals surface area contributed by atoms with Crippen molar-refractivity contribution >= 4 is 23.2 Å². The summed E-state index contributed by atoms with van der Waals surface area (Å²) in [5.74, 6) is 5.65. The summed E-state index contributed by atoms with van der Waals surface area (Å²) < 4.78 is 0. The fourth-order valence-corrected chi connectivity index (χ4v) is 2.46. The number of hydrazine groups is 1. The molecule has 2 rings (SSSR count). The van der Waals surface area contributed by atoms with Gasteiger partial charge in [-0.1, -0.05) is 59.1 Å². The first-order valence-electron chi connectivity index (χ1n) is 6.07. The molecule has 0 saturated heterocycles. The van der Waals surface area contributed by atoms with Gasteiger partial charge < -0.3 is 0 Å². The molecule has 4 heteroatoms. The predicted molar refractivity (Wildman–Crippen MR) is 81.4 cm³/mol. The topological polar surface area (TPSA) is 38.0 Å². The maximum atomic E-state index is 6.19. The Morgan fingerprint density at radius 3 is 2.37 bits per heavy atom. The van der Waals surface area contributed by atoms with E-state index < -0.39 is 0 Å². The lowest BCUT2D eigenvalue weighted by molar-refractivity contribution is 0.552. The second-order valence-corrected chi connectivity index (χ2v) is 5.41. The first kappa shape index (κ1) is 14.4. The van der Waals surface area contributed by atoms with Crippen LogP contribution in [0.1, 0.15) is 22.7 Å². The van der Waals surface area contributed by atoms with Crippen molar-refractivity contribution in [3.63, 3.8) is 0 Å². The molecule has 0 fully saturated rings. The summed E-state index contributed by atoms with van der Waals surface area (Å²) in [6, 6.07) is 13.8. The van der Waals surface area contributed by atoms with Crippen LogP contribution in [0.3, 0.4) is 0 Å². The second-order valence-electron chi connectivity index (χ2n) is 4.57. The molecule has 2 aromatic rings. The van der Waals surface area contributed by atoms with Crippen molar-refractivity contribution in [3.8, 4) is 0 Å². The van der Waals surface area contributed by atoms with Crippen LogP contribution in [0.25, 0.3) is 0 Å². The Hall–Kier alpha value is -1.06. The number of aryl methyl sites for hydroxylation is 1. The molecule has 0 radical (unpaired) electrons. The zero-order valence-corrected chi connectivity index (χ0v) is 12.2. The van der Waals surface area contributed by atoms with E-state index in [1.165, 1.54) is 5.56 Å². The maximum absolute atomic E-state index is 6.19. The van der Waals surface area contributed by atoms with Gasteiger partial charge in [-0.3, -0.25) is 11.3 Å². The predicted octanol–water partition coefficient (Wildman–Crippen LogP) is 4.05. The monoisotopic (exact) mass is 294 g/mol. The van der Waals surface area contributed by atoms with Crippen LogP contribution in [0.2, 0.25) is 10.0 Å². The fourth-order valence-electron chi connectivity index (χ4n) is 1.98. The molecule has 2 aromatic carbocycles. The molecule has 0 bridgehead atoms. The van der Waals surface area contributed by atoms with Crippen LogP contribution in [0.15, 0.2) is 42.5 Å². The number of benzene rings is 2. The molecule has 19 heavy (non-hydrogen) atoms. The second kappa shape index (κ2) is 6.40. The van der Waals surface area contributed by atoms with Gasteiger partial charge in [-0.2, -0.15) is 0 Å². The largest absolute Gasteiger partial charge is 0.271 e. The summed E-state index contributed by atoms with van der Waals surface area (Å²) in [4.78, 5) is 0. The quantitative estimate of drug-likeness (QED) is 0.659. The van der Waals surface area contributed by atoms with Gasteiger partial charge in [0.15, 0.2) is 0 Å². The van der Waals surface area contributed by atoms with Crippen molar-refractivity contribution in [1.29, 1.82) is 0 Å². The number of hydrogen-bond acceptors (Lipinski definition) is 2. The van der Waals surface area contributed by atoms with Crippen molar-refractivity contribution in [1.82, 2.24) is 5.43 Å². The summed E-state index contributed by atoms with van der Waals surface area (Å²) in [6.07, 6.45) is 0.718. The zero-order chi connectivity index (χ0) is 13.8. The minimum atomic E-state index is 0.0271. The lowest BCUT2D eigenvalue weighted by Gasteiger charge is -2.17. The van der Waals surface area contributed by atoms with E-state index in [4.69, 9.17) is 29.0 Å². The van der Waals surface area contributed by atoms with Crippen LogP contribution < -0.4 is 11.3 Å². The summed E-state index contributed by atoms with van der Waals surface area (Å²) in [7, 11) is 0. The normalized spacial score (nSPS) is 12.4. The summed E-state index contributed by atoms with van der Waals surface area (Å²) >= 11 is 12.1. The average Bonchev–Trinajstić information content (AvgIpc) is 2.39. The van der Waals surface area contributed by atoms with Crippen LogP contribution >= 0.6 is 23.2 Å². The SMILES string of the molecule is Cc1ccc(C(Cc2ccc(Cl)cc2Cl)NN)cc1. The molecule has 0 aliphatic carbocycles. The molecular weight excluding hydrogens is 279 g/mol. The Bertz CT molecular complexity index is 553. The third kappa shape index (κ3) is 3.71. The Morgan fingerprint density at radius 2 is 1.79 bits per heavy atom. The van der Waals surface area contributed by atoms with E-state index >= 15 is 0 Å². The molecule has 0 spiro atoms. The summed E-state index contributed by atoms with van der Waals surface area (Å²) in [6.45, 7) is 2.06. The van der Waals surface area contributed by atoms with Crippen molar-refractivity contribution in [2.75, 3.05) is 0 Å². The van der Waals surface area contributed by atoms with Gasteiger partial charge in [-0.15, -0.1) is 0 Å². The number of nitrogens with one attached hydrogen (secondary N) is 1. The van der Waals surface area contributed by atoms with Gasteiger partial charge in [0.2, 0.25) is 0 Å². The van der Waals surface area contributed by atoms with Crippen molar-refractivity contribution in [2.45, 2.75) is 19.4 Å². The van der Waals surface area contributed by atoms with Gasteiger partial charge >= 0.3 is 0 Å². The lowest BCUT2D eigenvalue weighted by atomic mass is 9.98. The van der Waals surface area contributed by atoms with E-state index in [1.54, 1.807) is 6.07 Å². The summed E-state index contributed by atoms with van der Waals surface area (Å²) in [5.41, 5.74) is 6.22. The molecular formula is C15H16Cl2N2. The Kier molecular flexibility index (Phi) is 4.83. The van der Waals surface area contributed by atoms with Crippen LogP contribution in [-0.2, 0) is 6.42 Å². The van der Waals surface area contributed by atoms with Crippen molar-refractivity contribution in [3.05, 3.63) is 69.2 Å². The van der Waals surface area contributed by atoms with Gasteiger partial charge in [0.25, 0.3) is 0 Å². The number of halogens is 2. The van der Waals surface area contributed by atoms with Crippen molar-refractivity contribution in [2.24, 2.45) is 5.84 Å². The molecule has 1 atom stereocenters. The molecule has 100 valence electrons. The molecule has 0 saturated carbocycles. The highest BCUT2D eigenvalue weighted by Gasteiger charge is 2.12. The fraction of sp³-hybridized carbons (Fsp3) is 0.200. The van der Waals surface area contributed by atoms with E-state index in [-0.39, 0.29) is 6.04 Å². The Balaban J connectivity index is 2.21. The minimum Gasteiger partial charge on any atom is -0.271 e. The van der Waals surface area contributed by atoms with Gasteiger partial charge in [0, 0.05) is 10.0 Å². The molecule has 0 amide bonds. The number of hydrogen-bond donors (Lipinski definition) is 2. The Morgan fingerprint density at radius 1 is 1.11 bits per heavy atom. The first-order valence-corrected chi connectivity index (χ1v) is 6.82. The third-order valence-electron chi connectivity index (χ3n) is 3.12. The number of rotatable bonds is 4. The molecule has 0 heterocycles. The van der Waals surface area contributed by atoms with Crippen LogP contribution in [0.5, 0.6) is 0 Å². The van der Waals surface area contributed by atoms with Crippen LogP contribution in [0, 0.1) is 6.92 Å². The molecule has 0 aromatic heterocycles. The van der Waals surface area contributed by atoms with E-state index in [0.717, 1.165) is 17.5 Å². The first-order chi connectivity index (χ1) is 9.10.